The Morgan fingerprint density at radius 1 is 0.966 bits per heavy atom. The third-order valence-electron chi connectivity index (χ3n) is 4.04. The van der Waals surface area contributed by atoms with Gasteiger partial charge in [0.1, 0.15) is 5.69 Å². The van der Waals surface area contributed by atoms with Crippen LogP contribution in [0.3, 0.4) is 0 Å². The first-order valence-corrected chi connectivity index (χ1v) is 8.98. The maximum Gasteiger partial charge on any atom is 0.490 e. The molecule has 0 aromatic carbocycles. The second-order valence-electron chi connectivity index (χ2n) is 6.29. The van der Waals surface area contributed by atoms with Gasteiger partial charge in [-0.15, -0.1) is 0 Å². The summed E-state index contributed by atoms with van der Waals surface area (Å²) in [7, 11) is 0. The number of hydrogen-bond acceptors (Lipinski definition) is 6. The Morgan fingerprint density at radius 2 is 1.48 bits per heavy atom. The number of carboxylic acid groups (broad SMARTS) is 2. The number of carbonyl (C=O) groups excluding carboxylic acids is 1. The van der Waals surface area contributed by atoms with Crippen LogP contribution >= 0.6 is 0 Å². The van der Waals surface area contributed by atoms with E-state index in [1.54, 1.807) is 0 Å². The molecule has 1 aromatic rings. The van der Waals surface area contributed by atoms with Crippen LogP contribution in [0.4, 0.5) is 13.2 Å². The number of alkyl halides is 3. The van der Waals surface area contributed by atoms with Gasteiger partial charge in [-0.3, -0.25) is 4.79 Å². The fourth-order valence-electron chi connectivity index (χ4n) is 2.58. The Kier molecular flexibility index (Phi) is 10.00. The van der Waals surface area contributed by atoms with Gasteiger partial charge >= 0.3 is 18.1 Å². The number of halogens is 3. The predicted octanol–water partition coefficient (Wildman–Crippen LogP) is 1.85. The molecule has 4 N–H and O–H groups in total. The molecular formula is C17H23F3N4O5. The highest BCUT2D eigenvalue weighted by molar-refractivity contribution is 5.92. The van der Waals surface area contributed by atoms with Gasteiger partial charge in [0.15, 0.2) is 5.69 Å². The summed E-state index contributed by atoms with van der Waals surface area (Å²) in [5, 5.41) is 22.1. The molecule has 1 aliphatic carbocycles. The summed E-state index contributed by atoms with van der Waals surface area (Å²) >= 11 is 0. The highest BCUT2D eigenvalue weighted by atomic mass is 19.4. The topological polar surface area (TPSA) is 142 Å². The summed E-state index contributed by atoms with van der Waals surface area (Å²) in [6.45, 7) is 1.23. The summed E-state index contributed by atoms with van der Waals surface area (Å²) in [5.41, 5.74) is -0.0500. The van der Waals surface area contributed by atoms with Gasteiger partial charge in [0, 0.05) is 19.1 Å². The molecule has 0 spiro atoms. The van der Waals surface area contributed by atoms with Crippen molar-refractivity contribution in [2.24, 2.45) is 0 Å². The second-order valence-corrected chi connectivity index (χ2v) is 6.29. The van der Waals surface area contributed by atoms with E-state index >= 15 is 0 Å². The number of nitrogens with one attached hydrogen (secondary N) is 2. The summed E-state index contributed by atoms with van der Waals surface area (Å²) in [6.07, 6.45) is 4.77. The lowest BCUT2D eigenvalue weighted by Gasteiger charge is -2.16. The standard InChI is InChI=1S/C15H22N4O3.C2HF3O2/c20-14(12-9-19-13(10-18-12)15(21)22)17-8-7-16-11-5-3-1-2-4-6-11;3-2(4,5)1(6)7/h9-11,16H,1-8H2,(H,17,20)(H,21,22);(H,6,7). The number of carboxylic acids is 2. The molecule has 29 heavy (non-hydrogen) atoms. The van der Waals surface area contributed by atoms with Crippen LogP contribution < -0.4 is 10.6 Å². The maximum atomic E-state index is 11.8. The molecule has 1 heterocycles. The molecule has 0 radical (unpaired) electrons. The van der Waals surface area contributed by atoms with E-state index in [-0.39, 0.29) is 17.3 Å². The van der Waals surface area contributed by atoms with E-state index in [0.29, 0.717) is 12.6 Å². The third kappa shape index (κ3) is 9.83. The van der Waals surface area contributed by atoms with Crippen LogP contribution in [0, 0.1) is 0 Å². The van der Waals surface area contributed by atoms with Crippen molar-refractivity contribution in [3.63, 3.8) is 0 Å². The fraction of sp³-hybridized carbons (Fsp3) is 0.588. The van der Waals surface area contributed by atoms with Crippen LogP contribution in [-0.4, -0.2) is 63.3 Å². The van der Waals surface area contributed by atoms with Gasteiger partial charge in [0.2, 0.25) is 0 Å². The number of aromatic nitrogens is 2. The van der Waals surface area contributed by atoms with Crippen molar-refractivity contribution >= 4 is 17.8 Å². The minimum Gasteiger partial charge on any atom is -0.476 e. The summed E-state index contributed by atoms with van der Waals surface area (Å²) in [4.78, 5) is 38.9. The van der Waals surface area contributed by atoms with Gasteiger partial charge in [-0.25, -0.2) is 19.6 Å². The van der Waals surface area contributed by atoms with Gasteiger partial charge in [-0.05, 0) is 12.8 Å². The number of amides is 1. The van der Waals surface area contributed by atoms with Gasteiger partial charge in [0.05, 0.1) is 12.4 Å². The van der Waals surface area contributed by atoms with Gasteiger partial charge in [-0.2, -0.15) is 13.2 Å². The second kappa shape index (κ2) is 11.9. The van der Waals surface area contributed by atoms with Crippen LogP contribution in [0.25, 0.3) is 0 Å². The average Bonchev–Trinajstić information content (AvgIpc) is 2.93. The molecule has 0 unspecified atom stereocenters. The van der Waals surface area contributed by atoms with E-state index < -0.39 is 18.1 Å². The summed E-state index contributed by atoms with van der Waals surface area (Å²) < 4.78 is 31.7. The largest absolute Gasteiger partial charge is 0.490 e. The van der Waals surface area contributed by atoms with Crippen LogP contribution in [0.2, 0.25) is 0 Å². The number of aliphatic carboxylic acids is 1. The normalized spacial score (nSPS) is 14.9. The van der Waals surface area contributed by atoms with Crippen LogP contribution in [0.1, 0.15) is 59.5 Å². The van der Waals surface area contributed by atoms with Crippen molar-refractivity contribution in [1.29, 1.82) is 0 Å². The number of nitrogens with zero attached hydrogens (tertiary/aromatic N) is 2. The number of rotatable bonds is 6. The van der Waals surface area contributed by atoms with Gasteiger partial charge in [-0.1, -0.05) is 25.7 Å². The van der Waals surface area contributed by atoms with Gasteiger partial charge < -0.3 is 20.8 Å². The Hall–Kier alpha value is -2.76. The Bertz CT molecular complexity index is 675. The van der Waals surface area contributed by atoms with Crippen LogP contribution in [0.15, 0.2) is 12.4 Å². The zero-order chi connectivity index (χ0) is 21.9. The molecule has 1 saturated carbocycles. The zero-order valence-electron chi connectivity index (χ0n) is 15.5. The first-order valence-electron chi connectivity index (χ1n) is 8.98. The SMILES string of the molecule is O=C(O)C(F)(F)F.O=C(O)c1cnc(C(=O)NCCNC2CCCCCC2)cn1. The molecule has 162 valence electrons. The highest BCUT2D eigenvalue weighted by Crippen LogP contribution is 2.16. The number of aromatic carboxylic acids is 1. The molecule has 1 fully saturated rings. The van der Waals surface area contributed by atoms with E-state index in [0.717, 1.165) is 12.7 Å². The quantitative estimate of drug-likeness (QED) is 0.404. The van der Waals surface area contributed by atoms with E-state index in [9.17, 15) is 22.8 Å². The summed E-state index contributed by atoms with van der Waals surface area (Å²) in [6, 6.07) is 0.550. The predicted molar refractivity (Wildman–Crippen MR) is 94.5 cm³/mol. The monoisotopic (exact) mass is 420 g/mol. The maximum absolute atomic E-state index is 11.8. The van der Waals surface area contributed by atoms with Crippen molar-refractivity contribution in [3.8, 4) is 0 Å². The molecule has 12 heteroatoms. The minimum atomic E-state index is -5.08. The molecule has 2 rings (SSSR count). The number of hydrogen-bond donors (Lipinski definition) is 4. The first kappa shape index (κ1) is 24.3. The number of carbonyl (C=O) groups is 3. The van der Waals surface area contributed by atoms with Gasteiger partial charge in [0.25, 0.3) is 5.91 Å². The molecule has 0 saturated heterocycles. The third-order valence-corrected chi connectivity index (χ3v) is 4.04. The Labute approximate surface area is 164 Å². The molecule has 1 aromatic heterocycles. The minimum absolute atomic E-state index is 0.125. The van der Waals surface area contributed by atoms with Crippen molar-refractivity contribution in [2.75, 3.05) is 13.1 Å². The lowest BCUT2D eigenvalue weighted by atomic mass is 10.1. The smallest absolute Gasteiger partial charge is 0.476 e. The van der Waals surface area contributed by atoms with E-state index in [1.165, 1.54) is 44.7 Å². The molecule has 0 aliphatic heterocycles. The molecule has 0 bridgehead atoms. The molecule has 9 nitrogen and oxygen atoms in total. The fourth-order valence-corrected chi connectivity index (χ4v) is 2.58. The van der Waals surface area contributed by atoms with E-state index in [2.05, 4.69) is 20.6 Å². The van der Waals surface area contributed by atoms with Crippen molar-refractivity contribution in [1.82, 2.24) is 20.6 Å². The Morgan fingerprint density at radius 3 is 1.93 bits per heavy atom. The highest BCUT2D eigenvalue weighted by Gasteiger charge is 2.38. The van der Waals surface area contributed by atoms with Crippen molar-refractivity contribution in [3.05, 3.63) is 23.8 Å². The molecule has 1 amide bonds. The summed E-state index contributed by atoms with van der Waals surface area (Å²) in [5.74, 6) is -4.26. The van der Waals surface area contributed by atoms with Crippen molar-refractivity contribution in [2.45, 2.75) is 50.7 Å². The molecular weight excluding hydrogens is 397 g/mol. The van der Waals surface area contributed by atoms with Crippen LogP contribution in [0.5, 0.6) is 0 Å². The average molecular weight is 420 g/mol. The lowest BCUT2D eigenvalue weighted by Crippen LogP contribution is -2.37. The molecule has 0 atom stereocenters. The molecule has 1 aliphatic rings. The lowest BCUT2D eigenvalue weighted by molar-refractivity contribution is -0.192. The van der Waals surface area contributed by atoms with E-state index in [1.807, 2.05) is 0 Å². The first-order chi connectivity index (χ1) is 13.6. The Balaban J connectivity index is 0.000000516. The van der Waals surface area contributed by atoms with Crippen molar-refractivity contribution < 1.29 is 37.8 Å². The zero-order valence-corrected chi connectivity index (χ0v) is 15.5. The van der Waals surface area contributed by atoms with E-state index in [4.69, 9.17) is 15.0 Å². The van der Waals surface area contributed by atoms with Crippen LogP contribution in [-0.2, 0) is 4.79 Å².